The van der Waals surface area contributed by atoms with Gasteiger partial charge in [-0.05, 0) is 42.5 Å². The minimum Gasteiger partial charge on any atom is -0.464 e. The van der Waals surface area contributed by atoms with E-state index < -0.39 is 0 Å². The van der Waals surface area contributed by atoms with Gasteiger partial charge in [0.15, 0.2) is 0 Å². The van der Waals surface area contributed by atoms with Gasteiger partial charge in [0.05, 0.1) is 19.5 Å². The van der Waals surface area contributed by atoms with Crippen molar-refractivity contribution in [2.75, 3.05) is 19.6 Å². The maximum Gasteiger partial charge on any atom is 0.242 e. The van der Waals surface area contributed by atoms with Crippen molar-refractivity contribution < 1.29 is 14.0 Å². The molecule has 0 atom stereocenters. The van der Waals surface area contributed by atoms with Crippen LogP contribution in [0.1, 0.15) is 36.5 Å². The highest BCUT2D eigenvalue weighted by atomic mass is 16.3. The molecule has 3 aromatic rings. The summed E-state index contributed by atoms with van der Waals surface area (Å²) in [5.74, 6) is 1.74. The minimum atomic E-state index is -0.0676. The van der Waals surface area contributed by atoms with Crippen LogP contribution in [-0.4, -0.2) is 41.2 Å². The molecule has 0 N–H and O–H groups in total. The fourth-order valence-corrected chi connectivity index (χ4v) is 3.80. The largest absolute Gasteiger partial charge is 0.464 e. The van der Waals surface area contributed by atoms with Crippen LogP contribution in [-0.2, 0) is 29.0 Å². The highest BCUT2D eigenvalue weighted by molar-refractivity contribution is 5.86. The van der Waals surface area contributed by atoms with E-state index in [-0.39, 0.29) is 24.3 Å². The maximum atomic E-state index is 13.4. The smallest absolute Gasteiger partial charge is 0.242 e. The molecule has 0 saturated heterocycles. The van der Waals surface area contributed by atoms with Crippen LogP contribution in [0.2, 0.25) is 0 Å². The van der Waals surface area contributed by atoms with Gasteiger partial charge < -0.3 is 14.2 Å². The van der Waals surface area contributed by atoms with Crippen LogP contribution in [0.5, 0.6) is 0 Å². The highest BCUT2D eigenvalue weighted by Gasteiger charge is 2.23. The summed E-state index contributed by atoms with van der Waals surface area (Å²) in [6.07, 6.45) is 1.04. The summed E-state index contributed by atoms with van der Waals surface area (Å²) >= 11 is 0. The van der Waals surface area contributed by atoms with E-state index in [2.05, 4.69) is 26.0 Å². The van der Waals surface area contributed by atoms with Gasteiger partial charge in [0.25, 0.3) is 0 Å². The Morgan fingerprint density at radius 3 is 2.03 bits per heavy atom. The zero-order chi connectivity index (χ0) is 23.6. The first-order valence-electron chi connectivity index (χ1n) is 11.6. The maximum absolute atomic E-state index is 13.4. The number of carbonyl (C=O) groups is 2. The third-order valence-corrected chi connectivity index (χ3v) is 5.47. The van der Waals surface area contributed by atoms with Crippen molar-refractivity contribution in [1.82, 2.24) is 9.80 Å². The lowest BCUT2D eigenvalue weighted by molar-refractivity contribution is -0.141. The van der Waals surface area contributed by atoms with Gasteiger partial charge in [-0.1, -0.05) is 74.5 Å². The minimum absolute atomic E-state index is 0.0277. The normalized spacial score (nSPS) is 10.9. The van der Waals surface area contributed by atoms with Gasteiger partial charge in [-0.15, -0.1) is 0 Å². The van der Waals surface area contributed by atoms with E-state index in [0.717, 1.165) is 23.5 Å². The van der Waals surface area contributed by atoms with E-state index in [0.29, 0.717) is 26.1 Å². The number of rotatable bonds is 11. The molecule has 1 heterocycles. The van der Waals surface area contributed by atoms with Crippen molar-refractivity contribution in [2.24, 2.45) is 5.92 Å². The molecule has 33 heavy (non-hydrogen) atoms. The van der Waals surface area contributed by atoms with E-state index >= 15 is 0 Å². The summed E-state index contributed by atoms with van der Waals surface area (Å²) in [6.45, 7) is 7.58. The Kier molecular flexibility index (Phi) is 8.87. The number of hydrogen-bond acceptors (Lipinski definition) is 3. The molecule has 0 saturated carbocycles. The Hall–Kier alpha value is -3.34. The van der Waals surface area contributed by atoms with Crippen LogP contribution in [0.25, 0.3) is 0 Å². The Balaban J connectivity index is 1.72. The van der Waals surface area contributed by atoms with Crippen molar-refractivity contribution in [1.29, 1.82) is 0 Å². The van der Waals surface area contributed by atoms with Gasteiger partial charge in [0, 0.05) is 13.1 Å². The van der Waals surface area contributed by atoms with Crippen molar-refractivity contribution >= 4 is 11.8 Å². The first-order valence-corrected chi connectivity index (χ1v) is 11.6. The fourth-order valence-electron chi connectivity index (χ4n) is 3.80. The highest BCUT2D eigenvalue weighted by Crippen LogP contribution is 2.13. The third kappa shape index (κ3) is 7.94. The second-order valence-corrected chi connectivity index (χ2v) is 8.89. The van der Waals surface area contributed by atoms with Gasteiger partial charge >= 0.3 is 0 Å². The Morgan fingerprint density at radius 2 is 1.45 bits per heavy atom. The van der Waals surface area contributed by atoms with Gasteiger partial charge in [-0.2, -0.15) is 0 Å². The predicted octanol–water partition coefficient (Wildman–Crippen LogP) is 4.89. The van der Waals surface area contributed by atoms with E-state index in [1.807, 2.05) is 67.6 Å². The summed E-state index contributed by atoms with van der Waals surface area (Å²) in [7, 11) is 0. The molecule has 0 aliphatic heterocycles. The van der Waals surface area contributed by atoms with E-state index in [1.165, 1.54) is 5.56 Å². The Bertz CT molecular complexity index is 1010. The number of benzene rings is 2. The SMILES string of the molecule is Cc1ccc(CN(CCc2ccccc2)C(=O)CN(CC(C)C)C(=O)Cc2ccccc2)o1. The lowest BCUT2D eigenvalue weighted by Gasteiger charge is -2.28. The molecule has 0 aliphatic rings. The average molecular weight is 447 g/mol. The molecule has 0 bridgehead atoms. The van der Waals surface area contributed by atoms with Crippen LogP contribution in [0.15, 0.2) is 77.2 Å². The molecule has 2 amide bonds. The summed E-state index contributed by atoms with van der Waals surface area (Å²) in [5.41, 5.74) is 2.13. The molecule has 174 valence electrons. The van der Waals surface area contributed by atoms with Crippen molar-refractivity contribution in [2.45, 2.75) is 40.2 Å². The first kappa shape index (κ1) is 24.3. The first-order chi connectivity index (χ1) is 15.9. The second kappa shape index (κ2) is 12.0. The van der Waals surface area contributed by atoms with Crippen molar-refractivity contribution in [3.05, 3.63) is 95.4 Å². The molecule has 0 spiro atoms. The van der Waals surface area contributed by atoms with Crippen molar-refractivity contribution in [3.8, 4) is 0 Å². The van der Waals surface area contributed by atoms with Crippen LogP contribution < -0.4 is 0 Å². The zero-order valence-corrected chi connectivity index (χ0v) is 19.9. The van der Waals surface area contributed by atoms with Crippen LogP contribution in [0, 0.1) is 12.8 Å². The van der Waals surface area contributed by atoms with Gasteiger partial charge in [0.1, 0.15) is 11.5 Å². The number of nitrogens with zero attached hydrogens (tertiary/aromatic N) is 2. The van der Waals surface area contributed by atoms with Crippen LogP contribution in [0.3, 0.4) is 0 Å². The third-order valence-electron chi connectivity index (χ3n) is 5.47. The Morgan fingerprint density at radius 1 is 0.818 bits per heavy atom. The lowest BCUT2D eigenvalue weighted by atomic mass is 10.1. The molecule has 0 aliphatic carbocycles. The van der Waals surface area contributed by atoms with Crippen LogP contribution >= 0.6 is 0 Å². The molecule has 0 radical (unpaired) electrons. The Labute approximate surface area is 197 Å². The molecule has 2 aromatic carbocycles. The predicted molar refractivity (Wildman–Crippen MR) is 131 cm³/mol. The molecule has 5 heteroatoms. The zero-order valence-electron chi connectivity index (χ0n) is 19.9. The lowest BCUT2D eigenvalue weighted by Crippen LogP contribution is -2.45. The molecule has 0 unspecified atom stereocenters. The van der Waals surface area contributed by atoms with Gasteiger partial charge in [-0.3, -0.25) is 9.59 Å². The van der Waals surface area contributed by atoms with Gasteiger partial charge in [-0.25, -0.2) is 0 Å². The van der Waals surface area contributed by atoms with Crippen molar-refractivity contribution in [3.63, 3.8) is 0 Å². The van der Waals surface area contributed by atoms with Gasteiger partial charge in [0.2, 0.25) is 11.8 Å². The molecular formula is C28H34N2O3. The van der Waals surface area contributed by atoms with E-state index in [1.54, 1.807) is 9.80 Å². The number of amides is 2. The summed E-state index contributed by atoms with van der Waals surface area (Å²) < 4.78 is 5.74. The number of carbonyl (C=O) groups excluding carboxylic acids is 2. The second-order valence-electron chi connectivity index (χ2n) is 8.89. The fraction of sp³-hybridized carbons (Fsp3) is 0.357. The van der Waals surface area contributed by atoms with E-state index in [4.69, 9.17) is 4.42 Å². The van der Waals surface area contributed by atoms with Crippen LogP contribution in [0.4, 0.5) is 0 Å². The molecular weight excluding hydrogens is 412 g/mol. The number of aryl methyl sites for hydroxylation is 1. The molecule has 5 nitrogen and oxygen atoms in total. The number of hydrogen-bond donors (Lipinski definition) is 0. The van der Waals surface area contributed by atoms with E-state index in [9.17, 15) is 9.59 Å². The molecule has 0 fully saturated rings. The number of furan rings is 1. The topological polar surface area (TPSA) is 53.8 Å². The molecule has 1 aromatic heterocycles. The monoisotopic (exact) mass is 446 g/mol. The summed E-state index contributed by atoms with van der Waals surface area (Å²) in [6, 6.07) is 23.6. The summed E-state index contributed by atoms with van der Waals surface area (Å²) in [4.78, 5) is 30.0. The quantitative estimate of drug-likeness (QED) is 0.422. The average Bonchev–Trinajstić information content (AvgIpc) is 3.21. The standard InChI is InChI=1S/C28H34N2O3/c1-22(2)19-30(27(31)18-25-12-8-5-9-13-25)21-28(32)29(20-26-15-14-23(3)33-26)17-16-24-10-6-4-7-11-24/h4-15,22H,16-21H2,1-3H3. The summed E-state index contributed by atoms with van der Waals surface area (Å²) in [5, 5.41) is 0. The molecule has 3 rings (SSSR count).